The van der Waals surface area contributed by atoms with Crippen LogP contribution in [0.2, 0.25) is 0 Å². The van der Waals surface area contributed by atoms with Gasteiger partial charge in [-0.2, -0.15) is 13.2 Å². The van der Waals surface area contributed by atoms with Gasteiger partial charge in [0.1, 0.15) is 5.82 Å². The summed E-state index contributed by atoms with van der Waals surface area (Å²) in [5.74, 6) is -0.521. The van der Waals surface area contributed by atoms with E-state index in [1.54, 1.807) is 0 Å². The summed E-state index contributed by atoms with van der Waals surface area (Å²) < 4.78 is 49.3. The molecule has 1 nitrogen and oxygen atoms in total. The molecule has 0 saturated carbocycles. The quantitative estimate of drug-likeness (QED) is 0.841. The SMILES string of the molecule is N[C@H](CCC(F)(F)F)c1cc(F)cc(Br)c1. The zero-order chi connectivity index (χ0) is 12.3. The first-order valence-corrected chi connectivity index (χ1v) is 5.35. The van der Waals surface area contributed by atoms with Gasteiger partial charge < -0.3 is 5.73 Å². The summed E-state index contributed by atoms with van der Waals surface area (Å²) in [4.78, 5) is 0. The van der Waals surface area contributed by atoms with Gasteiger partial charge in [-0.3, -0.25) is 0 Å². The third-order valence-corrected chi connectivity index (χ3v) is 2.51. The Balaban J connectivity index is 2.69. The molecule has 1 rings (SSSR count). The molecule has 0 aliphatic carbocycles. The fourth-order valence-electron chi connectivity index (χ4n) is 1.28. The largest absolute Gasteiger partial charge is 0.389 e. The van der Waals surface area contributed by atoms with E-state index in [1.165, 1.54) is 12.1 Å². The van der Waals surface area contributed by atoms with Crippen molar-refractivity contribution in [3.05, 3.63) is 34.1 Å². The van der Waals surface area contributed by atoms with Gasteiger partial charge in [0.15, 0.2) is 0 Å². The summed E-state index contributed by atoms with van der Waals surface area (Å²) in [7, 11) is 0. The van der Waals surface area contributed by atoms with Gasteiger partial charge in [0, 0.05) is 16.9 Å². The van der Waals surface area contributed by atoms with Gasteiger partial charge in [-0.05, 0) is 30.2 Å². The van der Waals surface area contributed by atoms with Crippen molar-refractivity contribution in [3.8, 4) is 0 Å². The van der Waals surface area contributed by atoms with Crippen molar-refractivity contribution in [3.63, 3.8) is 0 Å². The van der Waals surface area contributed by atoms with E-state index in [4.69, 9.17) is 5.73 Å². The minimum absolute atomic E-state index is 0.251. The summed E-state index contributed by atoms with van der Waals surface area (Å²) in [6.45, 7) is 0. The Bertz CT molecular complexity index is 344. The maximum Gasteiger partial charge on any atom is 0.389 e. The summed E-state index contributed by atoms with van der Waals surface area (Å²) in [5.41, 5.74) is 5.91. The lowest BCUT2D eigenvalue weighted by Gasteiger charge is -2.14. The lowest BCUT2D eigenvalue weighted by molar-refractivity contribution is -0.136. The Kier molecular flexibility index (Phi) is 4.32. The molecule has 0 aliphatic rings. The van der Waals surface area contributed by atoms with E-state index >= 15 is 0 Å². The Labute approximate surface area is 98.8 Å². The Morgan fingerprint density at radius 1 is 1.25 bits per heavy atom. The molecule has 0 spiro atoms. The predicted molar refractivity (Wildman–Crippen MR) is 56.3 cm³/mol. The molecule has 16 heavy (non-hydrogen) atoms. The summed E-state index contributed by atoms with van der Waals surface area (Å²) in [6, 6.07) is 3.07. The first kappa shape index (κ1) is 13.4. The third-order valence-electron chi connectivity index (χ3n) is 2.05. The molecule has 0 amide bonds. The van der Waals surface area contributed by atoms with Gasteiger partial charge in [0.05, 0.1) is 0 Å². The van der Waals surface area contributed by atoms with Crippen molar-refractivity contribution in [2.24, 2.45) is 5.73 Å². The van der Waals surface area contributed by atoms with E-state index in [-0.39, 0.29) is 6.42 Å². The number of nitrogens with two attached hydrogens (primary N) is 1. The first-order valence-electron chi connectivity index (χ1n) is 4.56. The maximum absolute atomic E-state index is 13.0. The monoisotopic (exact) mass is 299 g/mol. The van der Waals surface area contributed by atoms with E-state index in [0.29, 0.717) is 10.0 Å². The fraction of sp³-hybridized carbons (Fsp3) is 0.400. The molecular weight excluding hydrogens is 290 g/mol. The molecule has 1 aromatic carbocycles. The van der Waals surface area contributed by atoms with Gasteiger partial charge in [0.2, 0.25) is 0 Å². The third kappa shape index (κ3) is 4.49. The number of halogens is 5. The van der Waals surface area contributed by atoms with Gasteiger partial charge in [-0.1, -0.05) is 15.9 Å². The van der Waals surface area contributed by atoms with Crippen LogP contribution in [0.25, 0.3) is 0 Å². The standard InChI is InChI=1S/C10H10BrF4N/c11-7-3-6(4-8(12)5-7)9(16)1-2-10(13,14)15/h3-5,9H,1-2,16H2/t9-/m1/s1. The molecule has 0 heterocycles. The highest BCUT2D eigenvalue weighted by Crippen LogP contribution is 2.27. The number of hydrogen-bond donors (Lipinski definition) is 1. The van der Waals surface area contributed by atoms with Crippen molar-refractivity contribution in [2.45, 2.75) is 25.1 Å². The molecule has 0 aliphatic heterocycles. The molecule has 1 atom stereocenters. The fourth-order valence-corrected chi connectivity index (χ4v) is 1.76. The molecule has 0 unspecified atom stereocenters. The Morgan fingerprint density at radius 3 is 2.38 bits per heavy atom. The molecule has 1 aromatic rings. The lowest BCUT2D eigenvalue weighted by atomic mass is 10.0. The van der Waals surface area contributed by atoms with Gasteiger partial charge in [-0.15, -0.1) is 0 Å². The van der Waals surface area contributed by atoms with Crippen molar-refractivity contribution in [1.82, 2.24) is 0 Å². The van der Waals surface area contributed by atoms with Crippen molar-refractivity contribution < 1.29 is 17.6 Å². The van der Waals surface area contributed by atoms with E-state index in [9.17, 15) is 17.6 Å². The maximum atomic E-state index is 13.0. The average Bonchev–Trinajstić information content (AvgIpc) is 2.11. The molecule has 0 saturated heterocycles. The molecule has 0 radical (unpaired) electrons. The topological polar surface area (TPSA) is 26.0 Å². The van der Waals surface area contributed by atoms with Crippen LogP contribution in [0.4, 0.5) is 17.6 Å². The van der Waals surface area contributed by atoms with Crippen molar-refractivity contribution in [2.75, 3.05) is 0 Å². The number of benzene rings is 1. The van der Waals surface area contributed by atoms with Crippen molar-refractivity contribution >= 4 is 15.9 Å². The van der Waals surface area contributed by atoms with Crippen LogP contribution in [0, 0.1) is 5.82 Å². The normalized spacial score (nSPS) is 13.9. The van der Waals surface area contributed by atoms with Crippen LogP contribution in [0.15, 0.2) is 22.7 Å². The van der Waals surface area contributed by atoms with E-state index < -0.39 is 24.5 Å². The number of rotatable bonds is 3. The van der Waals surface area contributed by atoms with Crippen LogP contribution in [-0.4, -0.2) is 6.18 Å². The Hall–Kier alpha value is -0.620. The zero-order valence-electron chi connectivity index (χ0n) is 8.19. The van der Waals surface area contributed by atoms with Crippen LogP contribution in [-0.2, 0) is 0 Å². The predicted octanol–water partition coefficient (Wildman–Crippen LogP) is 3.93. The highest BCUT2D eigenvalue weighted by molar-refractivity contribution is 9.10. The highest BCUT2D eigenvalue weighted by Gasteiger charge is 2.27. The molecule has 6 heteroatoms. The van der Waals surface area contributed by atoms with Crippen LogP contribution in [0.1, 0.15) is 24.4 Å². The highest BCUT2D eigenvalue weighted by atomic mass is 79.9. The summed E-state index contributed by atoms with van der Waals surface area (Å²) >= 11 is 3.05. The van der Waals surface area contributed by atoms with Crippen LogP contribution >= 0.6 is 15.9 Å². The summed E-state index contributed by atoms with van der Waals surface area (Å²) in [6.07, 6.45) is -5.45. The average molecular weight is 300 g/mol. The first-order chi connectivity index (χ1) is 7.28. The molecular formula is C10H10BrF4N. The van der Waals surface area contributed by atoms with E-state index in [2.05, 4.69) is 15.9 Å². The van der Waals surface area contributed by atoms with E-state index in [1.807, 2.05) is 0 Å². The molecule has 90 valence electrons. The lowest BCUT2D eigenvalue weighted by Crippen LogP contribution is -2.16. The van der Waals surface area contributed by atoms with E-state index in [0.717, 1.165) is 6.07 Å². The molecule has 2 N–H and O–H groups in total. The van der Waals surface area contributed by atoms with Gasteiger partial charge in [0.25, 0.3) is 0 Å². The smallest absolute Gasteiger partial charge is 0.324 e. The van der Waals surface area contributed by atoms with Crippen LogP contribution in [0.5, 0.6) is 0 Å². The second-order valence-electron chi connectivity index (χ2n) is 3.46. The molecule has 0 bridgehead atoms. The van der Waals surface area contributed by atoms with Crippen LogP contribution < -0.4 is 5.73 Å². The minimum Gasteiger partial charge on any atom is -0.324 e. The zero-order valence-corrected chi connectivity index (χ0v) is 9.78. The van der Waals surface area contributed by atoms with Crippen molar-refractivity contribution in [1.29, 1.82) is 0 Å². The molecule has 0 aromatic heterocycles. The number of alkyl halides is 3. The van der Waals surface area contributed by atoms with Gasteiger partial charge >= 0.3 is 6.18 Å². The number of hydrogen-bond acceptors (Lipinski definition) is 1. The summed E-state index contributed by atoms with van der Waals surface area (Å²) in [5, 5.41) is 0. The van der Waals surface area contributed by atoms with Crippen LogP contribution in [0.3, 0.4) is 0 Å². The molecule has 0 fully saturated rings. The van der Waals surface area contributed by atoms with Gasteiger partial charge in [-0.25, -0.2) is 4.39 Å². The second kappa shape index (κ2) is 5.14. The minimum atomic E-state index is -4.23. The Morgan fingerprint density at radius 2 is 1.88 bits per heavy atom. The second-order valence-corrected chi connectivity index (χ2v) is 4.38.